The minimum atomic E-state index is -3.61. The van der Waals surface area contributed by atoms with Gasteiger partial charge in [0.05, 0.1) is 28.9 Å². The van der Waals surface area contributed by atoms with Crippen LogP contribution in [0.4, 0.5) is 0 Å². The summed E-state index contributed by atoms with van der Waals surface area (Å²) < 4.78 is 35.1. The minimum absolute atomic E-state index is 0.0405. The summed E-state index contributed by atoms with van der Waals surface area (Å²) in [6.07, 6.45) is 1.91. The number of sulfonamides is 1. The summed E-state index contributed by atoms with van der Waals surface area (Å²) in [5, 5.41) is 0. The molecule has 0 atom stereocenters. The molecule has 0 saturated carbocycles. The number of ether oxygens (including phenoxy) is 1. The van der Waals surface area contributed by atoms with Crippen LogP contribution in [0.3, 0.4) is 0 Å². The predicted octanol–water partition coefficient (Wildman–Crippen LogP) is 2.91. The maximum atomic E-state index is 12.5. The van der Waals surface area contributed by atoms with Gasteiger partial charge in [-0.15, -0.1) is 0 Å². The average molecular weight is 359 g/mol. The zero-order valence-electron chi connectivity index (χ0n) is 14.4. The van der Waals surface area contributed by atoms with Gasteiger partial charge in [0, 0.05) is 6.20 Å². The van der Waals surface area contributed by atoms with Crippen molar-refractivity contribution in [3.8, 4) is 5.75 Å². The van der Waals surface area contributed by atoms with E-state index >= 15 is 0 Å². The molecule has 0 aliphatic carbocycles. The van der Waals surface area contributed by atoms with Crippen LogP contribution in [0.2, 0.25) is 0 Å². The molecule has 0 saturated heterocycles. The van der Waals surface area contributed by atoms with Gasteiger partial charge in [-0.2, -0.15) is 0 Å². The third-order valence-corrected chi connectivity index (χ3v) is 5.18. The fourth-order valence-corrected chi connectivity index (χ4v) is 3.58. The van der Waals surface area contributed by atoms with Crippen molar-refractivity contribution in [2.24, 2.45) is 0 Å². The van der Waals surface area contributed by atoms with Crippen LogP contribution < -0.4 is 9.46 Å². The first-order chi connectivity index (χ1) is 11.9. The highest BCUT2D eigenvalue weighted by Gasteiger charge is 2.16. The van der Waals surface area contributed by atoms with Gasteiger partial charge in [0.1, 0.15) is 11.4 Å². The molecule has 3 aromatic rings. The molecule has 0 radical (unpaired) electrons. The summed E-state index contributed by atoms with van der Waals surface area (Å²) in [5.74, 6) is 0.645. The Kier molecular flexibility index (Phi) is 4.78. The molecule has 0 amide bonds. The van der Waals surface area contributed by atoms with Crippen LogP contribution in [0.15, 0.2) is 53.6 Å². The topological polar surface area (TPSA) is 72.7 Å². The van der Waals surface area contributed by atoms with E-state index in [1.807, 2.05) is 49.6 Å². The Morgan fingerprint density at radius 2 is 1.88 bits per heavy atom. The fraction of sp³-hybridized carbons (Fsp3) is 0.278. The van der Waals surface area contributed by atoms with E-state index in [0.717, 1.165) is 17.0 Å². The van der Waals surface area contributed by atoms with Gasteiger partial charge < -0.3 is 9.14 Å². The molecule has 2 heterocycles. The Balaban J connectivity index is 1.78. The number of aryl methyl sites for hydroxylation is 1. The highest BCUT2D eigenvalue weighted by atomic mass is 32.2. The monoisotopic (exact) mass is 359 g/mol. The molecule has 0 unspecified atom stereocenters. The molecule has 1 aromatic carbocycles. The Morgan fingerprint density at radius 1 is 1.16 bits per heavy atom. The zero-order chi connectivity index (χ0) is 18.0. The Bertz CT molecular complexity index is 976. The van der Waals surface area contributed by atoms with Gasteiger partial charge in [-0.25, -0.2) is 18.1 Å². The number of rotatable bonds is 6. The minimum Gasteiger partial charge on any atom is -0.491 e. The maximum Gasteiger partial charge on any atom is 0.240 e. The fourth-order valence-electron chi connectivity index (χ4n) is 2.59. The SMILES string of the molecule is Cc1nc2ccccn2c1CNS(=O)(=O)c1ccc(OC(C)C)cc1. The number of nitrogens with one attached hydrogen (secondary N) is 1. The molecule has 0 spiro atoms. The molecule has 132 valence electrons. The first-order valence-corrected chi connectivity index (χ1v) is 9.54. The number of hydrogen-bond acceptors (Lipinski definition) is 4. The molecule has 7 heteroatoms. The molecule has 6 nitrogen and oxygen atoms in total. The summed E-state index contributed by atoms with van der Waals surface area (Å²) in [5.41, 5.74) is 2.41. The summed E-state index contributed by atoms with van der Waals surface area (Å²) in [6, 6.07) is 12.1. The maximum absolute atomic E-state index is 12.5. The third kappa shape index (κ3) is 3.83. The summed E-state index contributed by atoms with van der Waals surface area (Å²) in [6.45, 7) is 5.88. The van der Waals surface area contributed by atoms with Crippen LogP contribution in [-0.2, 0) is 16.6 Å². The van der Waals surface area contributed by atoms with Crippen LogP contribution in [0.25, 0.3) is 5.65 Å². The van der Waals surface area contributed by atoms with Gasteiger partial charge in [-0.1, -0.05) is 6.07 Å². The molecule has 0 bridgehead atoms. The predicted molar refractivity (Wildman–Crippen MR) is 96.2 cm³/mol. The second kappa shape index (κ2) is 6.85. The summed E-state index contributed by atoms with van der Waals surface area (Å²) in [7, 11) is -3.61. The molecule has 3 rings (SSSR count). The second-order valence-electron chi connectivity index (χ2n) is 6.04. The van der Waals surface area contributed by atoms with E-state index in [4.69, 9.17) is 4.74 Å². The third-order valence-electron chi connectivity index (χ3n) is 3.76. The lowest BCUT2D eigenvalue weighted by Crippen LogP contribution is -2.24. The normalized spacial score (nSPS) is 12.0. The smallest absolute Gasteiger partial charge is 0.240 e. The van der Waals surface area contributed by atoms with Crippen LogP contribution >= 0.6 is 0 Å². The van der Waals surface area contributed by atoms with Crippen molar-refractivity contribution in [1.82, 2.24) is 14.1 Å². The summed E-state index contributed by atoms with van der Waals surface area (Å²) >= 11 is 0. The highest BCUT2D eigenvalue weighted by Crippen LogP contribution is 2.18. The standard InChI is InChI=1S/C18H21N3O3S/c1-13(2)24-15-7-9-16(10-8-15)25(22,23)19-12-17-14(3)20-18-6-4-5-11-21(17)18/h4-11,13,19H,12H2,1-3H3. The Morgan fingerprint density at radius 3 is 2.56 bits per heavy atom. The number of pyridine rings is 1. The Hall–Kier alpha value is -2.38. The lowest BCUT2D eigenvalue weighted by molar-refractivity contribution is 0.242. The van der Waals surface area contributed by atoms with E-state index in [9.17, 15) is 8.42 Å². The molecule has 1 N–H and O–H groups in total. The van der Waals surface area contributed by atoms with Gasteiger partial charge >= 0.3 is 0 Å². The number of benzene rings is 1. The quantitative estimate of drug-likeness (QED) is 0.734. The number of aromatic nitrogens is 2. The highest BCUT2D eigenvalue weighted by molar-refractivity contribution is 7.89. The van der Waals surface area contributed by atoms with Crippen LogP contribution in [-0.4, -0.2) is 23.9 Å². The van der Waals surface area contributed by atoms with Crippen LogP contribution in [0, 0.1) is 6.92 Å². The molecule has 25 heavy (non-hydrogen) atoms. The molecule has 0 aliphatic heterocycles. The van der Waals surface area contributed by atoms with Crippen molar-refractivity contribution in [2.75, 3.05) is 0 Å². The molecule has 0 aliphatic rings. The molecular weight excluding hydrogens is 338 g/mol. The van der Waals surface area contributed by atoms with Gasteiger partial charge in [-0.05, 0) is 57.2 Å². The van der Waals surface area contributed by atoms with Crippen LogP contribution in [0.5, 0.6) is 5.75 Å². The van der Waals surface area contributed by atoms with Gasteiger partial charge in [0.2, 0.25) is 10.0 Å². The molecular formula is C18H21N3O3S. The van der Waals surface area contributed by atoms with Gasteiger partial charge in [-0.3, -0.25) is 0 Å². The molecule has 0 fully saturated rings. The second-order valence-corrected chi connectivity index (χ2v) is 7.80. The summed E-state index contributed by atoms with van der Waals surface area (Å²) in [4.78, 5) is 4.64. The van der Waals surface area contributed by atoms with Gasteiger partial charge in [0.25, 0.3) is 0 Å². The van der Waals surface area contributed by atoms with E-state index in [2.05, 4.69) is 9.71 Å². The van der Waals surface area contributed by atoms with Crippen molar-refractivity contribution in [3.63, 3.8) is 0 Å². The number of nitrogens with zero attached hydrogens (tertiary/aromatic N) is 2. The lowest BCUT2D eigenvalue weighted by Gasteiger charge is -2.11. The van der Waals surface area contributed by atoms with E-state index < -0.39 is 10.0 Å². The van der Waals surface area contributed by atoms with E-state index in [-0.39, 0.29) is 17.5 Å². The molecule has 2 aromatic heterocycles. The van der Waals surface area contributed by atoms with Crippen molar-refractivity contribution in [1.29, 1.82) is 0 Å². The Labute approximate surface area is 147 Å². The number of hydrogen-bond donors (Lipinski definition) is 1. The van der Waals surface area contributed by atoms with Gasteiger partial charge in [0.15, 0.2) is 0 Å². The van der Waals surface area contributed by atoms with E-state index in [0.29, 0.717) is 5.75 Å². The first kappa shape index (κ1) is 17.4. The zero-order valence-corrected chi connectivity index (χ0v) is 15.2. The number of fused-ring (bicyclic) bond motifs is 1. The van der Waals surface area contributed by atoms with E-state index in [1.165, 1.54) is 0 Å². The number of imidazole rings is 1. The average Bonchev–Trinajstić information content (AvgIpc) is 2.88. The van der Waals surface area contributed by atoms with Crippen molar-refractivity contribution in [3.05, 3.63) is 60.0 Å². The van der Waals surface area contributed by atoms with Crippen LogP contribution in [0.1, 0.15) is 25.2 Å². The van der Waals surface area contributed by atoms with Crippen molar-refractivity contribution >= 4 is 15.7 Å². The largest absolute Gasteiger partial charge is 0.491 e. The first-order valence-electron chi connectivity index (χ1n) is 8.06. The van der Waals surface area contributed by atoms with Crippen molar-refractivity contribution in [2.45, 2.75) is 38.3 Å². The van der Waals surface area contributed by atoms with Crippen molar-refractivity contribution < 1.29 is 13.2 Å². The lowest BCUT2D eigenvalue weighted by atomic mass is 10.3. The van der Waals surface area contributed by atoms with E-state index in [1.54, 1.807) is 24.3 Å².